The first-order valence-electron chi connectivity index (χ1n) is 25.5. The molecule has 1 amide bonds. The van der Waals surface area contributed by atoms with E-state index in [1.165, 1.54) is 116 Å². The van der Waals surface area contributed by atoms with E-state index in [-0.39, 0.29) is 24.9 Å². The van der Waals surface area contributed by atoms with Gasteiger partial charge < -0.3 is 20.3 Å². The van der Waals surface area contributed by atoms with Crippen LogP contribution in [-0.4, -0.2) is 46.9 Å². The maximum atomic E-state index is 13.2. The second-order valence-corrected chi connectivity index (χ2v) is 17.2. The smallest absolute Gasteiger partial charge is 0.306 e. The van der Waals surface area contributed by atoms with Crippen LogP contribution in [0, 0.1) is 0 Å². The molecule has 0 saturated heterocycles. The molecule has 0 spiro atoms. The lowest BCUT2D eigenvalue weighted by atomic mass is 10.0. The van der Waals surface area contributed by atoms with Gasteiger partial charge in [0.25, 0.3) is 0 Å². The van der Waals surface area contributed by atoms with Crippen LogP contribution in [0.3, 0.4) is 0 Å². The Balaban J connectivity index is 4.67. The van der Waals surface area contributed by atoms with Crippen molar-refractivity contribution in [3.63, 3.8) is 0 Å². The van der Waals surface area contributed by atoms with E-state index in [0.717, 1.165) is 83.5 Å². The van der Waals surface area contributed by atoms with Crippen molar-refractivity contribution in [1.82, 2.24) is 5.32 Å². The number of carbonyl (C=O) groups excluding carboxylic acids is 2. The molecule has 0 aliphatic carbocycles. The number of hydrogen-bond acceptors (Lipinski definition) is 5. The summed E-state index contributed by atoms with van der Waals surface area (Å²) in [5, 5.41) is 23.7. The molecule has 6 nitrogen and oxygen atoms in total. The fourth-order valence-corrected chi connectivity index (χ4v) is 7.48. The summed E-state index contributed by atoms with van der Waals surface area (Å²) in [6.45, 7) is 6.34. The van der Waals surface area contributed by atoms with Crippen LogP contribution in [0.25, 0.3) is 0 Å². The van der Waals surface area contributed by atoms with Crippen molar-refractivity contribution in [3.8, 4) is 0 Å². The lowest BCUT2D eigenvalue weighted by Gasteiger charge is -2.24. The number of allylic oxidation sites excluding steroid dienone is 10. The molecule has 348 valence electrons. The van der Waals surface area contributed by atoms with Gasteiger partial charge in [-0.1, -0.05) is 210 Å². The molecule has 0 aromatic carbocycles. The van der Waals surface area contributed by atoms with Crippen molar-refractivity contribution in [2.45, 2.75) is 264 Å². The predicted molar refractivity (Wildman–Crippen MR) is 259 cm³/mol. The molecule has 0 saturated carbocycles. The highest BCUT2D eigenvalue weighted by atomic mass is 16.5. The van der Waals surface area contributed by atoms with Crippen LogP contribution in [0.5, 0.6) is 0 Å². The minimum absolute atomic E-state index is 0.0358. The zero-order valence-electron chi connectivity index (χ0n) is 39.6. The molecule has 0 heterocycles. The average molecular weight is 840 g/mol. The molecule has 0 bridgehead atoms. The molecule has 3 N–H and O–H groups in total. The minimum Gasteiger partial charge on any atom is -0.462 e. The Kier molecular flexibility index (Phi) is 45.7. The molecule has 3 unspecified atom stereocenters. The molecule has 0 aliphatic heterocycles. The van der Waals surface area contributed by atoms with Crippen LogP contribution < -0.4 is 5.32 Å². The van der Waals surface area contributed by atoms with Gasteiger partial charge in [-0.15, -0.1) is 0 Å². The summed E-state index contributed by atoms with van der Waals surface area (Å²) in [5.41, 5.74) is 0. The summed E-state index contributed by atoms with van der Waals surface area (Å²) in [7, 11) is 0. The normalized spacial score (nSPS) is 13.8. The van der Waals surface area contributed by atoms with E-state index in [0.29, 0.717) is 19.3 Å². The number of aliphatic hydroxyl groups excluding tert-OH is 2. The van der Waals surface area contributed by atoms with Crippen LogP contribution >= 0.6 is 0 Å². The second-order valence-electron chi connectivity index (χ2n) is 17.2. The second kappa shape index (κ2) is 47.6. The summed E-state index contributed by atoms with van der Waals surface area (Å²) in [4.78, 5) is 26.1. The number of aliphatic hydroxyl groups is 2. The number of esters is 1. The topological polar surface area (TPSA) is 95.9 Å². The SMILES string of the molecule is CC/C=C/C/C=C/C/C=C/C/C=C/CCCC(CC(=O)NC(CO)C(O)CCCCCCCCCCCCC)OC(=O)CCCCCCC/C=C/CCCCCCCCC. The molecule has 3 atom stereocenters. The first kappa shape index (κ1) is 57.6. The van der Waals surface area contributed by atoms with E-state index in [1.54, 1.807) is 0 Å². The largest absolute Gasteiger partial charge is 0.462 e. The van der Waals surface area contributed by atoms with Crippen LogP contribution in [-0.2, 0) is 14.3 Å². The molecule has 60 heavy (non-hydrogen) atoms. The van der Waals surface area contributed by atoms with Gasteiger partial charge in [-0.05, 0) is 83.5 Å². The molecule has 6 heteroatoms. The molecule has 0 aromatic rings. The van der Waals surface area contributed by atoms with Gasteiger partial charge in [0.05, 0.1) is 25.2 Å². The Morgan fingerprint density at radius 3 is 1.42 bits per heavy atom. The van der Waals surface area contributed by atoms with Crippen molar-refractivity contribution >= 4 is 11.9 Å². The lowest BCUT2D eigenvalue weighted by Crippen LogP contribution is -2.46. The number of unbranched alkanes of at least 4 members (excludes halogenated alkanes) is 23. The highest BCUT2D eigenvalue weighted by molar-refractivity contribution is 5.77. The minimum atomic E-state index is -0.803. The van der Waals surface area contributed by atoms with Crippen LogP contribution in [0.4, 0.5) is 0 Å². The fraction of sp³-hybridized carbons (Fsp3) is 0.778. The third-order valence-corrected chi connectivity index (χ3v) is 11.3. The summed E-state index contributed by atoms with van der Waals surface area (Å²) >= 11 is 0. The van der Waals surface area contributed by atoms with Crippen molar-refractivity contribution in [3.05, 3.63) is 60.8 Å². The van der Waals surface area contributed by atoms with E-state index in [9.17, 15) is 19.8 Å². The monoisotopic (exact) mass is 840 g/mol. The highest BCUT2D eigenvalue weighted by Crippen LogP contribution is 2.17. The molecular formula is C54H97NO5. The Morgan fingerprint density at radius 2 is 0.917 bits per heavy atom. The van der Waals surface area contributed by atoms with Gasteiger partial charge in [0.15, 0.2) is 0 Å². The summed E-state index contributed by atoms with van der Waals surface area (Å²) in [6, 6.07) is -0.720. The number of ether oxygens (including phenoxy) is 1. The fourth-order valence-electron chi connectivity index (χ4n) is 7.48. The zero-order valence-corrected chi connectivity index (χ0v) is 39.6. The Hall–Kier alpha value is -2.44. The Bertz CT molecular complexity index is 1080. The van der Waals surface area contributed by atoms with E-state index in [2.05, 4.69) is 86.8 Å². The van der Waals surface area contributed by atoms with Gasteiger partial charge in [0.2, 0.25) is 5.91 Å². The summed E-state index contributed by atoms with van der Waals surface area (Å²) in [6.07, 6.45) is 58.6. The van der Waals surface area contributed by atoms with Gasteiger partial charge in [-0.3, -0.25) is 9.59 Å². The van der Waals surface area contributed by atoms with Gasteiger partial charge in [-0.25, -0.2) is 0 Å². The third-order valence-electron chi connectivity index (χ3n) is 11.3. The first-order chi connectivity index (χ1) is 29.5. The van der Waals surface area contributed by atoms with Crippen LogP contribution in [0.1, 0.15) is 245 Å². The maximum absolute atomic E-state index is 13.2. The maximum Gasteiger partial charge on any atom is 0.306 e. The van der Waals surface area contributed by atoms with Gasteiger partial charge >= 0.3 is 5.97 Å². The zero-order chi connectivity index (χ0) is 43.8. The molecule has 0 aromatic heterocycles. The van der Waals surface area contributed by atoms with E-state index < -0.39 is 18.2 Å². The number of rotatable bonds is 45. The number of nitrogens with one attached hydrogen (secondary N) is 1. The summed E-state index contributed by atoms with van der Waals surface area (Å²) in [5.74, 6) is -0.537. The Labute approximate surface area is 371 Å². The molecular weight excluding hydrogens is 743 g/mol. The molecule has 0 fully saturated rings. The lowest BCUT2D eigenvalue weighted by molar-refractivity contribution is -0.151. The Morgan fingerprint density at radius 1 is 0.500 bits per heavy atom. The van der Waals surface area contributed by atoms with Crippen molar-refractivity contribution in [2.75, 3.05) is 6.61 Å². The number of hydrogen-bond donors (Lipinski definition) is 3. The van der Waals surface area contributed by atoms with Gasteiger partial charge in [0.1, 0.15) is 6.10 Å². The first-order valence-corrected chi connectivity index (χ1v) is 25.5. The van der Waals surface area contributed by atoms with Crippen LogP contribution in [0.15, 0.2) is 60.8 Å². The third kappa shape index (κ3) is 42.3. The van der Waals surface area contributed by atoms with Gasteiger partial charge in [0, 0.05) is 6.42 Å². The highest BCUT2D eigenvalue weighted by Gasteiger charge is 2.24. The molecule has 0 aliphatic rings. The predicted octanol–water partition coefficient (Wildman–Crippen LogP) is 15.2. The van der Waals surface area contributed by atoms with E-state index in [4.69, 9.17) is 4.74 Å². The van der Waals surface area contributed by atoms with Gasteiger partial charge in [-0.2, -0.15) is 0 Å². The van der Waals surface area contributed by atoms with Crippen molar-refractivity contribution in [2.24, 2.45) is 0 Å². The van der Waals surface area contributed by atoms with E-state index in [1.807, 2.05) is 0 Å². The van der Waals surface area contributed by atoms with Crippen LogP contribution in [0.2, 0.25) is 0 Å². The summed E-state index contributed by atoms with van der Waals surface area (Å²) < 4.78 is 5.90. The molecule has 0 rings (SSSR count). The quantitative estimate of drug-likeness (QED) is 0.0322. The standard InChI is InChI=1S/C54H97NO5/c1-4-7-10-13-16-19-22-24-26-27-29-32-35-38-41-44-47-54(59)60-50(45-42-39-36-33-31-28-25-23-20-17-14-11-8-5-2)48-53(58)55-51(49-56)52(57)46-43-40-37-34-30-21-18-15-12-9-6-3/h8,11,17,20,25-28,33,36,50-52,56-57H,4-7,9-10,12-16,18-19,21-24,29-32,34-35,37-49H2,1-3H3,(H,55,58)/b11-8+,20-17+,27-26+,28-25+,36-33+. The van der Waals surface area contributed by atoms with E-state index >= 15 is 0 Å². The van der Waals surface area contributed by atoms with Crippen molar-refractivity contribution < 1.29 is 24.5 Å². The average Bonchev–Trinajstić information content (AvgIpc) is 3.24. The molecule has 0 radical (unpaired) electrons. The number of amides is 1. The van der Waals surface area contributed by atoms with Crippen molar-refractivity contribution in [1.29, 1.82) is 0 Å². The number of carbonyl (C=O) groups is 2.